The fourth-order valence-electron chi connectivity index (χ4n) is 4.72. The molecule has 2 aromatic carbocycles. The van der Waals surface area contributed by atoms with Gasteiger partial charge in [-0.3, -0.25) is 9.20 Å². The van der Waals surface area contributed by atoms with Crippen LogP contribution in [0.5, 0.6) is 5.75 Å². The molecule has 8 nitrogen and oxygen atoms in total. The zero-order chi connectivity index (χ0) is 26.0. The van der Waals surface area contributed by atoms with Crippen LogP contribution in [0.3, 0.4) is 0 Å². The molecule has 1 amide bonds. The first-order valence-electron chi connectivity index (χ1n) is 12.5. The van der Waals surface area contributed by atoms with Gasteiger partial charge < -0.3 is 14.8 Å². The molecule has 0 unspecified atom stereocenters. The second-order valence-electron chi connectivity index (χ2n) is 9.46. The number of anilines is 2. The topological polar surface area (TPSA) is 102 Å². The van der Waals surface area contributed by atoms with Crippen LogP contribution in [0.1, 0.15) is 44.6 Å². The van der Waals surface area contributed by atoms with Gasteiger partial charge in [0.15, 0.2) is 5.75 Å². The van der Waals surface area contributed by atoms with Crippen LogP contribution in [0.4, 0.5) is 11.5 Å². The summed E-state index contributed by atoms with van der Waals surface area (Å²) < 4.78 is 34.1. The minimum atomic E-state index is -4.13. The summed E-state index contributed by atoms with van der Waals surface area (Å²) in [4.78, 5) is 16.2. The Labute approximate surface area is 216 Å². The lowest BCUT2D eigenvalue weighted by atomic mass is 9.95. The summed E-state index contributed by atoms with van der Waals surface area (Å²) >= 11 is 0. The minimum Gasteiger partial charge on any atom is -0.378 e. The zero-order valence-electron chi connectivity index (χ0n) is 20.9. The van der Waals surface area contributed by atoms with Gasteiger partial charge >= 0.3 is 10.1 Å². The Morgan fingerprint density at radius 1 is 1.03 bits per heavy atom. The number of aryl methyl sites for hydroxylation is 1. The van der Waals surface area contributed by atoms with Crippen molar-refractivity contribution in [3.63, 3.8) is 0 Å². The number of carbonyl (C=O) groups is 1. The number of para-hydroxylation sites is 1. The Hall–Kier alpha value is -3.85. The lowest BCUT2D eigenvalue weighted by Crippen LogP contribution is -2.23. The smallest absolute Gasteiger partial charge is 0.339 e. The van der Waals surface area contributed by atoms with E-state index in [4.69, 9.17) is 9.17 Å². The van der Waals surface area contributed by atoms with Crippen molar-refractivity contribution >= 4 is 33.2 Å². The maximum atomic E-state index is 13.2. The van der Waals surface area contributed by atoms with Gasteiger partial charge in [0.25, 0.3) is 0 Å². The number of hydrogen-bond acceptors (Lipinski definition) is 6. The molecule has 1 fully saturated rings. The average molecular weight is 519 g/mol. The summed E-state index contributed by atoms with van der Waals surface area (Å²) in [6, 6.07) is 17.3. The van der Waals surface area contributed by atoms with Crippen molar-refractivity contribution < 1.29 is 17.4 Å². The van der Waals surface area contributed by atoms with Crippen LogP contribution < -0.4 is 14.8 Å². The van der Waals surface area contributed by atoms with E-state index in [0.717, 1.165) is 29.9 Å². The van der Waals surface area contributed by atoms with Crippen LogP contribution in [0.2, 0.25) is 0 Å². The van der Waals surface area contributed by atoms with Gasteiger partial charge in [-0.25, -0.2) is 4.98 Å². The monoisotopic (exact) mass is 518 g/mol. The van der Waals surface area contributed by atoms with Crippen LogP contribution >= 0.6 is 0 Å². The van der Waals surface area contributed by atoms with E-state index in [2.05, 4.69) is 10.6 Å². The number of aromatic nitrogens is 2. The number of carbonyl (C=O) groups excluding carboxylic acids is 1. The van der Waals surface area contributed by atoms with Crippen molar-refractivity contribution in [3.05, 3.63) is 72.4 Å². The summed E-state index contributed by atoms with van der Waals surface area (Å²) in [6.07, 6.45) is 7.77. The predicted octanol–water partition coefficient (Wildman–Crippen LogP) is 5.78. The third-order valence-corrected chi connectivity index (χ3v) is 7.78. The molecule has 0 saturated heterocycles. The van der Waals surface area contributed by atoms with Crippen LogP contribution in [0.15, 0.2) is 71.8 Å². The first-order chi connectivity index (χ1) is 17.8. The van der Waals surface area contributed by atoms with E-state index in [-0.39, 0.29) is 16.6 Å². The summed E-state index contributed by atoms with van der Waals surface area (Å²) in [5.41, 5.74) is 3.59. The van der Waals surface area contributed by atoms with Crippen molar-refractivity contribution in [1.29, 1.82) is 0 Å². The SMILES string of the molecule is CC(=O)Nc1ccc(S(=O)(=O)Oc2ccccc2-c2nc3cc(C)ccn3c2NC2CCCCC2)cc1. The van der Waals surface area contributed by atoms with Gasteiger partial charge in [-0.05, 0) is 73.9 Å². The molecular weight excluding hydrogens is 488 g/mol. The van der Waals surface area contributed by atoms with Crippen LogP contribution in [0.25, 0.3) is 16.9 Å². The molecule has 1 saturated carbocycles. The number of nitrogens with one attached hydrogen (secondary N) is 2. The van der Waals surface area contributed by atoms with Crippen molar-refractivity contribution in [2.24, 2.45) is 0 Å². The van der Waals surface area contributed by atoms with Crippen LogP contribution in [-0.4, -0.2) is 29.8 Å². The minimum absolute atomic E-state index is 0.0115. The first-order valence-corrected chi connectivity index (χ1v) is 13.9. The third kappa shape index (κ3) is 5.46. The van der Waals surface area contributed by atoms with Gasteiger partial charge in [-0.2, -0.15) is 8.42 Å². The number of rotatable bonds is 7. The Bertz CT molecular complexity index is 1540. The summed E-state index contributed by atoms with van der Waals surface area (Å²) in [7, 11) is -4.13. The highest BCUT2D eigenvalue weighted by atomic mass is 32.2. The highest BCUT2D eigenvalue weighted by Gasteiger charge is 2.24. The number of amides is 1. The molecule has 0 spiro atoms. The number of hydrogen-bond donors (Lipinski definition) is 2. The lowest BCUT2D eigenvalue weighted by Gasteiger charge is -2.24. The van der Waals surface area contributed by atoms with E-state index >= 15 is 0 Å². The molecule has 2 N–H and O–H groups in total. The van der Waals surface area contributed by atoms with Gasteiger partial charge in [0, 0.05) is 30.4 Å². The quantitative estimate of drug-likeness (QED) is 0.301. The lowest BCUT2D eigenvalue weighted by molar-refractivity contribution is -0.114. The summed E-state index contributed by atoms with van der Waals surface area (Å²) in [5, 5.41) is 6.32. The Morgan fingerprint density at radius 2 is 1.76 bits per heavy atom. The predicted molar refractivity (Wildman–Crippen MR) is 144 cm³/mol. The summed E-state index contributed by atoms with van der Waals surface area (Å²) in [5.74, 6) is 0.788. The Kier molecular flexibility index (Phi) is 6.88. The van der Waals surface area contributed by atoms with Crippen LogP contribution in [0, 0.1) is 6.92 Å². The van der Waals surface area contributed by atoms with Crippen molar-refractivity contribution in [2.45, 2.75) is 56.9 Å². The normalized spacial score (nSPS) is 14.4. The molecule has 0 aliphatic heterocycles. The van der Waals surface area contributed by atoms with Gasteiger partial charge in [0.1, 0.15) is 22.1 Å². The molecule has 2 aromatic heterocycles. The van der Waals surface area contributed by atoms with E-state index in [1.165, 1.54) is 50.5 Å². The van der Waals surface area contributed by atoms with Crippen molar-refractivity contribution in [3.8, 4) is 17.0 Å². The van der Waals surface area contributed by atoms with Crippen molar-refractivity contribution in [2.75, 3.05) is 10.6 Å². The average Bonchev–Trinajstić information content (AvgIpc) is 3.21. The molecular formula is C28H30N4O4S. The second-order valence-corrected chi connectivity index (χ2v) is 11.0. The Balaban J connectivity index is 1.53. The van der Waals surface area contributed by atoms with Crippen LogP contribution in [-0.2, 0) is 14.9 Å². The number of benzene rings is 2. The van der Waals surface area contributed by atoms with Gasteiger partial charge in [0.05, 0.1) is 0 Å². The molecule has 37 heavy (non-hydrogen) atoms. The molecule has 1 aliphatic rings. The fourth-order valence-corrected chi connectivity index (χ4v) is 5.67. The maximum Gasteiger partial charge on any atom is 0.339 e. The van der Waals surface area contributed by atoms with Gasteiger partial charge in [-0.15, -0.1) is 0 Å². The Morgan fingerprint density at radius 3 is 2.49 bits per heavy atom. The number of fused-ring (bicyclic) bond motifs is 1. The second kappa shape index (κ2) is 10.3. The summed E-state index contributed by atoms with van der Waals surface area (Å²) in [6.45, 7) is 3.41. The molecule has 0 bridgehead atoms. The highest BCUT2D eigenvalue weighted by Crippen LogP contribution is 2.38. The van der Waals surface area contributed by atoms with Crippen molar-refractivity contribution in [1.82, 2.24) is 9.38 Å². The van der Waals surface area contributed by atoms with E-state index < -0.39 is 10.1 Å². The molecule has 192 valence electrons. The first kappa shape index (κ1) is 24.8. The molecule has 5 rings (SSSR count). The zero-order valence-corrected chi connectivity index (χ0v) is 21.7. The van der Waals surface area contributed by atoms with E-state index in [0.29, 0.717) is 23.0 Å². The third-order valence-electron chi connectivity index (χ3n) is 6.53. The van der Waals surface area contributed by atoms with E-state index in [9.17, 15) is 13.2 Å². The number of pyridine rings is 1. The standard InChI is InChI=1S/C28H30N4O4S/c1-19-16-17-32-26(18-19)31-27(28(32)30-21-8-4-3-5-9-21)24-10-6-7-11-25(24)36-37(34,35)23-14-12-22(13-15-23)29-20(2)33/h6-7,10-18,21,30H,3-5,8-9H2,1-2H3,(H,29,33). The largest absolute Gasteiger partial charge is 0.378 e. The van der Waals surface area contributed by atoms with Gasteiger partial charge in [-0.1, -0.05) is 31.4 Å². The van der Waals surface area contributed by atoms with Gasteiger partial charge in [0.2, 0.25) is 5.91 Å². The molecule has 1 aliphatic carbocycles. The number of imidazole rings is 1. The highest BCUT2D eigenvalue weighted by molar-refractivity contribution is 7.87. The molecule has 9 heteroatoms. The van der Waals surface area contributed by atoms with E-state index in [1.807, 2.05) is 41.8 Å². The maximum absolute atomic E-state index is 13.2. The molecule has 0 radical (unpaired) electrons. The molecule has 2 heterocycles. The van der Waals surface area contributed by atoms with E-state index in [1.54, 1.807) is 12.1 Å². The fraction of sp³-hybridized carbons (Fsp3) is 0.286. The number of nitrogens with zero attached hydrogens (tertiary/aromatic N) is 2. The molecule has 0 atom stereocenters. The molecule has 4 aromatic rings.